The molecule has 0 N–H and O–H groups in total. The Labute approximate surface area is 137 Å². The molecule has 1 aromatic rings. The third-order valence-corrected chi connectivity index (χ3v) is 5.13. The SMILES string of the molecule is CCOC(=O)[C@@H]1CC(=O)C2CCCC[C@H]2N1Cc1ccccc1. The van der Waals surface area contributed by atoms with E-state index in [4.69, 9.17) is 4.74 Å². The maximum atomic E-state index is 12.5. The van der Waals surface area contributed by atoms with E-state index in [0.717, 1.165) is 25.7 Å². The maximum Gasteiger partial charge on any atom is 0.323 e. The molecule has 1 aromatic carbocycles. The van der Waals surface area contributed by atoms with Crippen molar-refractivity contribution in [3.63, 3.8) is 0 Å². The van der Waals surface area contributed by atoms with Gasteiger partial charge in [-0.2, -0.15) is 0 Å². The summed E-state index contributed by atoms with van der Waals surface area (Å²) in [6.07, 6.45) is 4.52. The molecule has 0 bridgehead atoms. The first-order chi connectivity index (χ1) is 11.2. The molecule has 23 heavy (non-hydrogen) atoms. The monoisotopic (exact) mass is 315 g/mol. The highest BCUT2D eigenvalue weighted by Gasteiger charge is 2.46. The first kappa shape index (κ1) is 16.2. The molecule has 0 aromatic heterocycles. The lowest BCUT2D eigenvalue weighted by atomic mass is 9.75. The lowest BCUT2D eigenvalue weighted by Gasteiger charge is -2.46. The Balaban J connectivity index is 1.86. The number of benzene rings is 1. The summed E-state index contributed by atoms with van der Waals surface area (Å²) < 4.78 is 5.24. The third-order valence-electron chi connectivity index (χ3n) is 5.13. The molecular formula is C19H25NO3. The second-order valence-corrected chi connectivity index (χ2v) is 6.55. The van der Waals surface area contributed by atoms with Gasteiger partial charge in [-0.1, -0.05) is 43.2 Å². The quantitative estimate of drug-likeness (QED) is 0.802. The van der Waals surface area contributed by atoms with Crippen LogP contribution in [0.25, 0.3) is 0 Å². The summed E-state index contributed by atoms with van der Waals surface area (Å²) in [5.74, 6) is 0.0935. The molecule has 1 heterocycles. The number of esters is 1. The van der Waals surface area contributed by atoms with E-state index < -0.39 is 6.04 Å². The van der Waals surface area contributed by atoms with Gasteiger partial charge in [0, 0.05) is 24.9 Å². The van der Waals surface area contributed by atoms with E-state index in [1.165, 1.54) is 5.56 Å². The average molecular weight is 315 g/mol. The number of nitrogens with zero attached hydrogens (tertiary/aromatic N) is 1. The Morgan fingerprint density at radius 2 is 1.96 bits per heavy atom. The Kier molecular flexibility index (Phi) is 5.11. The van der Waals surface area contributed by atoms with E-state index in [0.29, 0.717) is 19.6 Å². The fraction of sp³-hybridized carbons (Fsp3) is 0.579. The van der Waals surface area contributed by atoms with Crippen LogP contribution in [0.5, 0.6) is 0 Å². The fourth-order valence-electron chi connectivity index (χ4n) is 4.05. The van der Waals surface area contributed by atoms with Crippen LogP contribution in [-0.2, 0) is 20.9 Å². The van der Waals surface area contributed by atoms with Crippen molar-refractivity contribution in [2.24, 2.45) is 5.92 Å². The van der Waals surface area contributed by atoms with Crippen LogP contribution >= 0.6 is 0 Å². The molecule has 3 rings (SSSR count). The summed E-state index contributed by atoms with van der Waals surface area (Å²) >= 11 is 0. The molecule has 1 saturated carbocycles. The van der Waals surface area contributed by atoms with E-state index in [2.05, 4.69) is 17.0 Å². The second kappa shape index (κ2) is 7.26. The van der Waals surface area contributed by atoms with Crippen LogP contribution in [0.2, 0.25) is 0 Å². The van der Waals surface area contributed by atoms with Gasteiger partial charge in [-0.3, -0.25) is 14.5 Å². The zero-order valence-corrected chi connectivity index (χ0v) is 13.7. The van der Waals surface area contributed by atoms with Crippen LogP contribution < -0.4 is 0 Å². The Morgan fingerprint density at radius 1 is 1.22 bits per heavy atom. The van der Waals surface area contributed by atoms with E-state index >= 15 is 0 Å². The summed E-state index contributed by atoms with van der Waals surface area (Å²) in [6.45, 7) is 2.88. The van der Waals surface area contributed by atoms with Gasteiger partial charge in [0.05, 0.1) is 6.61 Å². The first-order valence-corrected chi connectivity index (χ1v) is 8.69. The van der Waals surface area contributed by atoms with Crippen LogP contribution in [0.3, 0.4) is 0 Å². The zero-order valence-electron chi connectivity index (χ0n) is 13.7. The molecule has 0 amide bonds. The van der Waals surface area contributed by atoms with Crippen molar-refractivity contribution in [1.82, 2.24) is 4.90 Å². The normalized spacial score (nSPS) is 28.2. The second-order valence-electron chi connectivity index (χ2n) is 6.55. The molecule has 0 spiro atoms. The Hall–Kier alpha value is -1.68. The number of likely N-dealkylation sites (tertiary alicyclic amines) is 1. The molecule has 3 atom stereocenters. The minimum Gasteiger partial charge on any atom is -0.465 e. The summed E-state index contributed by atoms with van der Waals surface area (Å²) in [4.78, 5) is 27.1. The van der Waals surface area contributed by atoms with Gasteiger partial charge in [-0.25, -0.2) is 0 Å². The lowest BCUT2D eigenvalue weighted by molar-refractivity contribution is -0.159. The summed E-state index contributed by atoms with van der Waals surface area (Å²) in [7, 11) is 0. The van der Waals surface area contributed by atoms with Gasteiger partial charge in [0.25, 0.3) is 0 Å². The van der Waals surface area contributed by atoms with Crippen LogP contribution in [0.1, 0.15) is 44.6 Å². The number of hydrogen-bond donors (Lipinski definition) is 0. The smallest absolute Gasteiger partial charge is 0.323 e. The van der Waals surface area contributed by atoms with Gasteiger partial charge in [0.1, 0.15) is 11.8 Å². The van der Waals surface area contributed by atoms with Crippen LogP contribution in [-0.4, -0.2) is 35.3 Å². The van der Waals surface area contributed by atoms with Crippen LogP contribution in [0.15, 0.2) is 30.3 Å². The highest BCUT2D eigenvalue weighted by atomic mass is 16.5. The van der Waals surface area contributed by atoms with Gasteiger partial charge in [0.2, 0.25) is 0 Å². The van der Waals surface area contributed by atoms with Gasteiger partial charge < -0.3 is 4.74 Å². The molecule has 0 radical (unpaired) electrons. The molecule has 124 valence electrons. The molecule has 4 heteroatoms. The predicted octanol–water partition coefficient (Wildman–Crippen LogP) is 2.95. The van der Waals surface area contributed by atoms with Crippen molar-refractivity contribution in [1.29, 1.82) is 0 Å². The minimum absolute atomic E-state index is 0.0955. The molecular weight excluding hydrogens is 290 g/mol. The maximum absolute atomic E-state index is 12.5. The molecule has 1 aliphatic heterocycles. The Bertz CT molecular complexity index is 557. The highest BCUT2D eigenvalue weighted by Crippen LogP contribution is 2.37. The van der Waals surface area contributed by atoms with E-state index in [1.54, 1.807) is 0 Å². The number of hydrogen-bond acceptors (Lipinski definition) is 4. The number of rotatable bonds is 4. The molecule has 4 nitrogen and oxygen atoms in total. The van der Waals surface area contributed by atoms with Gasteiger partial charge >= 0.3 is 5.97 Å². The number of carbonyl (C=O) groups excluding carboxylic acids is 2. The highest BCUT2D eigenvalue weighted by molar-refractivity contribution is 5.90. The van der Waals surface area contributed by atoms with Crippen LogP contribution in [0.4, 0.5) is 0 Å². The lowest BCUT2D eigenvalue weighted by Crippen LogP contribution is -2.58. The Morgan fingerprint density at radius 3 is 2.70 bits per heavy atom. The van der Waals surface area contributed by atoms with E-state index in [9.17, 15) is 9.59 Å². The molecule has 2 aliphatic rings. The van der Waals surface area contributed by atoms with Crippen molar-refractivity contribution >= 4 is 11.8 Å². The van der Waals surface area contributed by atoms with Gasteiger partial charge in [0.15, 0.2) is 0 Å². The third kappa shape index (κ3) is 3.47. The first-order valence-electron chi connectivity index (χ1n) is 8.69. The van der Waals surface area contributed by atoms with Crippen molar-refractivity contribution in [2.45, 2.75) is 57.7 Å². The van der Waals surface area contributed by atoms with Crippen LogP contribution in [0, 0.1) is 5.92 Å². The number of ketones is 1. The number of piperidine rings is 1. The summed E-state index contributed by atoms with van der Waals surface area (Å²) in [6, 6.07) is 9.94. The number of Topliss-reactive ketones (excluding diaryl/α,β-unsaturated/α-hetero) is 1. The number of ether oxygens (including phenoxy) is 1. The van der Waals surface area contributed by atoms with Gasteiger partial charge in [-0.15, -0.1) is 0 Å². The molecule has 1 aliphatic carbocycles. The summed E-state index contributed by atoms with van der Waals surface area (Å²) in [5.41, 5.74) is 1.18. The zero-order chi connectivity index (χ0) is 16.2. The fourth-order valence-corrected chi connectivity index (χ4v) is 4.05. The number of fused-ring (bicyclic) bond motifs is 1. The molecule has 1 unspecified atom stereocenters. The molecule has 2 fully saturated rings. The number of carbonyl (C=O) groups is 2. The van der Waals surface area contributed by atoms with Gasteiger partial charge in [-0.05, 0) is 25.3 Å². The van der Waals surface area contributed by atoms with Crippen molar-refractivity contribution in [2.75, 3.05) is 6.61 Å². The summed E-state index contributed by atoms with van der Waals surface area (Å²) in [5, 5.41) is 0. The van der Waals surface area contributed by atoms with E-state index in [-0.39, 0.29) is 23.7 Å². The largest absolute Gasteiger partial charge is 0.465 e. The average Bonchev–Trinajstić information content (AvgIpc) is 2.58. The standard InChI is InChI=1S/C19H25NO3/c1-2-23-19(22)17-12-18(21)15-10-6-7-11-16(15)20(17)13-14-8-4-3-5-9-14/h3-5,8-9,15-17H,2,6-7,10-13H2,1H3/t15?,16-,17+/m1/s1. The topological polar surface area (TPSA) is 46.6 Å². The van der Waals surface area contributed by atoms with Crippen molar-refractivity contribution in [3.05, 3.63) is 35.9 Å². The molecule has 1 saturated heterocycles. The van der Waals surface area contributed by atoms with Crippen molar-refractivity contribution in [3.8, 4) is 0 Å². The van der Waals surface area contributed by atoms with E-state index in [1.807, 2.05) is 25.1 Å². The van der Waals surface area contributed by atoms with Crippen molar-refractivity contribution < 1.29 is 14.3 Å². The predicted molar refractivity (Wildman–Crippen MR) is 87.8 cm³/mol. The minimum atomic E-state index is -0.429.